The highest BCUT2D eigenvalue weighted by Crippen LogP contribution is 2.21. The molecule has 0 atom stereocenters. The molecule has 0 aliphatic carbocycles. The molecule has 9 heteroatoms. The number of thiazole rings is 1. The molecule has 0 bridgehead atoms. The second kappa shape index (κ2) is 5.85. The van der Waals surface area contributed by atoms with Crippen LogP contribution in [0.1, 0.15) is 19.5 Å². The maximum Gasteiger partial charge on any atom is 0.305 e. The van der Waals surface area contributed by atoms with Crippen LogP contribution in [0.2, 0.25) is 0 Å². The molecule has 0 aliphatic heterocycles. The van der Waals surface area contributed by atoms with E-state index in [1.54, 1.807) is 0 Å². The fourth-order valence-electron chi connectivity index (χ4n) is 1.58. The topological polar surface area (TPSA) is 113 Å². The van der Waals surface area contributed by atoms with Gasteiger partial charge in [0.05, 0.1) is 6.54 Å². The van der Waals surface area contributed by atoms with Gasteiger partial charge in [0.1, 0.15) is 0 Å². The van der Waals surface area contributed by atoms with E-state index in [1.807, 2.05) is 13.8 Å². The molecule has 1 aromatic rings. The number of carbonyl (C=O) groups is 1. The Morgan fingerprint density at radius 3 is 2.42 bits per heavy atom. The molecule has 0 aliphatic rings. The molecule has 1 aromatic heterocycles. The Bertz CT molecular complexity index is 615. The van der Waals surface area contributed by atoms with Crippen molar-refractivity contribution in [1.29, 1.82) is 0 Å². The number of aryl methyl sites for hydroxylation is 1. The molecule has 3 N–H and O–H groups in total. The van der Waals surface area contributed by atoms with Crippen LogP contribution in [0, 0.1) is 12.8 Å². The molecule has 0 aromatic carbocycles. The van der Waals surface area contributed by atoms with E-state index in [0.717, 1.165) is 4.31 Å². The highest BCUT2D eigenvalue weighted by atomic mass is 32.2. The molecule has 0 fully saturated rings. The quantitative estimate of drug-likeness (QED) is 0.762. The summed E-state index contributed by atoms with van der Waals surface area (Å²) in [6, 6.07) is 0. The first-order valence-electron chi connectivity index (χ1n) is 5.62. The zero-order valence-electron chi connectivity index (χ0n) is 11.0. The van der Waals surface area contributed by atoms with Gasteiger partial charge in [-0.15, -0.1) is 0 Å². The van der Waals surface area contributed by atoms with Crippen molar-refractivity contribution in [3.63, 3.8) is 0 Å². The fourth-order valence-corrected chi connectivity index (χ4v) is 4.59. The average molecular weight is 307 g/mol. The molecule has 1 rings (SSSR count). The van der Waals surface area contributed by atoms with Crippen LogP contribution in [-0.2, 0) is 14.8 Å². The van der Waals surface area contributed by atoms with Gasteiger partial charge < -0.3 is 10.7 Å². The summed E-state index contributed by atoms with van der Waals surface area (Å²) >= 11 is 0.611. The van der Waals surface area contributed by atoms with Gasteiger partial charge in [-0.1, -0.05) is 25.2 Å². The molecular formula is C10H17N3O4S2. The van der Waals surface area contributed by atoms with Crippen LogP contribution >= 0.6 is 11.3 Å². The van der Waals surface area contributed by atoms with Crippen molar-refractivity contribution in [2.45, 2.75) is 25.0 Å². The molecule has 108 valence electrons. The molecule has 0 unspecified atom stereocenters. The fraction of sp³-hybridized carbons (Fsp3) is 0.600. The second-order valence-corrected chi connectivity index (χ2v) is 7.70. The lowest BCUT2D eigenvalue weighted by Crippen LogP contribution is -2.40. The first kappa shape index (κ1) is 15.9. The average Bonchev–Trinajstić information content (AvgIpc) is 2.56. The van der Waals surface area contributed by atoms with Crippen LogP contribution in [0.5, 0.6) is 0 Å². The summed E-state index contributed by atoms with van der Waals surface area (Å²) in [5.41, 5.74) is 5.35. The number of amides is 1. The lowest BCUT2D eigenvalue weighted by Gasteiger charge is -2.21. The molecule has 1 amide bonds. The van der Waals surface area contributed by atoms with Gasteiger partial charge in [-0.2, -0.15) is 4.31 Å². The molecule has 7 nitrogen and oxygen atoms in total. The Balaban J connectivity index is 3.22. The van der Waals surface area contributed by atoms with Crippen LogP contribution in [0.15, 0.2) is 9.00 Å². The zero-order valence-corrected chi connectivity index (χ0v) is 12.6. The van der Waals surface area contributed by atoms with E-state index < -0.39 is 27.3 Å². The number of nitrogens with two attached hydrogens (primary N) is 1. The van der Waals surface area contributed by atoms with Gasteiger partial charge >= 0.3 is 4.87 Å². The van der Waals surface area contributed by atoms with E-state index in [0.29, 0.717) is 11.3 Å². The Kier molecular flexibility index (Phi) is 4.88. The standard InChI is InChI=1S/C10H17N3O4S2/c1-6(2)4-13(5-8(11)14)19(16,17)9-7(3)12-10(15)18-9/h6H,4-5H2,1-3H3,(H2,11,14)(H,12,15). The number of sulfonamides is 1. The minimum Gasteiger partial charge on any atom is -0.369 e. The first-order chi connectivity index (χ1) is 8.64. The Hall–Kier alpha value is -1.19. The van der Waals surface area contributed by atoms with Crippen molar-refractivity contribution in [1.82, 2.24) is 9.29 Å². The third kappa shape index (κ3) is 3.88. The molecule has 1 heterocycles. The van der Waals surface area contributed by atoms with E-state index in [9.17, 15) is 18.0 Å². The van der Waals surface area contributed by atoms with E-state index in [-0.39, 0.29) is 22.4 Å². The van der Waals surface area contributed by atoms with Crippen LogP contribution in [0.4, 0.5) is 0 Å². The SMILES string of the molecule is Cc1[nH]c(=O)sc1S(=O)(=O)N(CC(N)=O)CC(C)C. The van der Waals surface area contributed by atoms with Crippen molar-refractivity contribution < 1.29 is 13.2 Å². The Labute approximate surface area is 115 Å². The van der Waals surface area contributed by atoms with Gasteiger partial charge in [-0.05, 0) is 12.8 Å². The van der Waals surface area contributed by atoms with Crippen LogP contribution in [-0.4, -0.2) is 36.7 Å². The van der Waals surface area contributed by atoms with Crippen LogP contribution < -0.4 is 10.6 Å². The number of carbonyl (C=O) groups excluding carboxylic acids is 1. The van der Waals surface area contributed by atoms with Gasteiger partial charge in [0, 0.05) is 12.2 Å². The molecule has 0 spiro atoms. The summed E-state index contributed by atoms with van der Waals surface area (Å²) in [4.78, 5) is 24.2. The van der Waals surface area contributed by atoms with Crippen molar-refractivity contribution in [3.05, 3.63) is 15.4 Å². The normalized spacial score (nSPS) is 12.3. The number of aromatic nitrogens is 1. The van der Waals surface area contributed by atoms with Gasteiger partial charge in [0.25, 0.3) is 10.0 Å². The highest BCUT2D eigenvalue weighted by Gasteiger charge is 2.30. The van der Waals surface area contributed by atoms with E-state index in [1.165, 1.54) is 6.92 Å². The summed E-state index contributed by atoms with van der Waals surface area (Å²) < 4.78 is 25.8. The summed E-state index contributed by atoms with van der Waals surface area (Å²) in [5, 5.41) is 0. The number of hydrogen-bond donors (Lipinski definition) is 2. The van der Waals surface area contributed by atoms with Gasteiger partial charge in [-0.25, -0.2) is 8.42 Å². The Morgan fingerprint density at radius 1 is 1.47 bits per heavy atom. The predicted molar refractivity (Wildman–Crippen MR) is 72.5 cm³/mol. The number of nitrogens with one attached hydrogen (secondary N) is 1. The van der Waals surface area contributed by atoms with E-state index >= 15 is 0 Å². The van der Waals surface area contributed by atoms with Gasteiger partial charge in [0.15, 0.2) is 4.21 Å². The maximum absolute atomic E-state index is 12.4. The third-order valence-corrected chi connectivity index (χ3v) is 5.65. The lowest BCUT2D eigenvalue weighted by atomic mass is 10.2. The largest absolute Gasteiger partial charge is 0.369 e. The minimum atomic E-state index is -3.88. The second-order valence-electron chi connectivity index (χ2n) is 4.58. The molecule has 0 saturated carbocycles. The monoisotopic (exact) mass is 307 g/mol. The maximum atomic E-state index is 12.4. The highest BCUT2D eigenvalue weighted by molar-refractivity contribution is 7.91. The number of hydrogen-bond acceptors (Lipinski definition) is 5. The third-order valence-electron chi connectivity index (χ3n) is 2.26. The molecule has 0 radical (unpaired) electrons. The number of H-pyrrole nitrogens is 1. The first-order valence-corrected chi connectivity index (χ1v) is 7.88. The Morgan fingerprint density at radius 2 is 2.05 bits per heavy atom. The smallest absolute Gasteiger partial charge is 0.305 e. The molecule has 19 heavy (non-hydrogen) atoms. The minimum absolute atomic E-state index is 0.0325. The molecular weight excluding hydrogens is 290 g/mol. The van der Waals surface area contributed by atoms with E-state index in [4.69, 9.17) is 5.73 Å². The zero-order chi connectivity index (χ0) is 14.8. The van der Waals surface area contributed by atoms with Crippen molar-refractivity contribution in [2.75, 3.05) is 13.1 Å². The summed E-state index contributed by atoms with van der Waals surface area (Å²) in [6.07, 6.45) is 0. The number of rotatable bonds is 6. The number of aromatic amines is 1. The van der Waals surface area contributed by atoms with Crippen molar-refractivity contribution in [2.24, 2.45) is 11.7 Å². The van der Waals surface area contributed by atoms with Crippen LogP contribution in [0.25, 0.3) is 0 Å². The number of primary amides is 1. The van der Waals surface area contributed by atoms with E-state index in [2.05, 4.69) is 4.98 Å². The summed E-state index contributed by atoms with van der Waals surface area (Å²) in [7, 11) is -3.88. The van der Waals surface area contributed by atoms with Crippen LogP contribution in [0.3, 0.4) is 0 Å². The van der Waals surface area contributed by atoms with Gasteiger partial charge in [0.2, 0.25) is 5.91 Å². The summed E-state index contributed by atoms with van der Waals surface area (Å²) in [5.74, 6) is -0.699. The summed E-state index contributed by atoms with van der Waals surface area (Å²) in [6.45, 7) is 4.93. The van der Waals surface area contributed by atoms with Gasteiger partial charge in [-0.3, -0.25) is 9.59 Å². The van der Waals surface area contributed by atoms with Crippen molar-refractivity contribution in [3.8, 4) is 0 Å². The predicted octanol–water partition coefficient (Wildman–Crippen LogP) is -0.123. The van der Waals surface area contributed by atoms with Crippen molar-refractivity contribution >= 4 is 27.3 Å². The molecule has 0 saturated heterocycles. The lowest BCUT2D eigenvalue weighted by molar-refractivity contribution is -0.118. The number of nitrogens with zero attached hydrogens (tertiary/aromatic N) is 1.